The third-order valence-electron chi connectivity index (χ3n) is 3.66. The Kier molecular flexibility index (Phi) is 5.20. The Morgan fingerprint density at radius 2 is 1.91 bits per heavy atom. The van der Waals surface area contributed by atoms with Crippen LogP contribution in [0.5, 0.6) is 0 Å². The Balaban J connectivity index is 2.00. The van der Waals surface area contributed by atoms with Crippen LogP contribution in [-0.4, -0.2) is 47.6 Å². The molecule has 0 unspecified atom stereocenters. The standard InChI is InChI=1S/C16H21N3O3S/c1-13(23(3,21)22)16(20)18(2)10-15-9-17-19(12-15)11-14-7-5-4-6-8-14/h4-9,12-13H,10-11H2,1-3H3/t13-/m0/s1. The van der Waals surface area contributed by atoms with Gasteiger partial charge in [0.1, 0.15) is 5.25 Å². The van der Waals surface area contributed by atoms with Crippen molar-refractivity contribution in [2.75, 3.05) is 13.3 Å². The van der Waals surface area contributed by atoms with Gasteiger partial charge in [-0.15, -0.1) is 0 Å². The summed E-state index contributed by atoms with van der Waals surface area (Å²) in [4.78, 5) is 13.5. The molecule has 1 aromatic heterocycles. The zero-order valence-electron chi connectivity index (χ0n) is 13.5. The van der Waals surface area contributed by atoms with E-state index in [2.05, 4.69) is 5.10 Å². The molecule has 23 heavy (non-hydrogen) atoms. The van der Waals surface area contributed by atoms with Gasteiger partial charge in [-0.1, -0.05) is 30.3 Å². The highest BCUT2D eigenvalue weighted by molar-refractivity contribution is 7.92. The minimum atomic E-state index is -3.39. The van der Waals surface area contributed by atoms with Crippen LogP contribution in [0.2, 0.25) is 0 Å². The fourth-order valence-corrected chi connectivity index (χ4v) is 2.74. The summed E-state index contributed by atoms with van der Waals surface area (Å²) in [6.45, 7) is 2.39. The van der Waals surface area contributed by atoms with Crippen LogP contribution < -0.4 is 0 Å². The van der Waals surface area contributed by atoms with Crippen LogP contribution in [0.1, 0.15) is 18.1 Å². The fraction of sp³-hybridized carbons (Fsp3) is 0.375. The minimum absolute atomic E-state index is 0.327. The molecule has 1 atom stereocenters. The SMILES string of the molecule is C[C@@H](C(=O)N(C)Cc1cnn(Cc2ccccc2)c1)S(C)(=O)=O. The Morgan fingerprint density at radius 1 is 1.26 bits per heavy atom. The largest absolute Gasteiger partial charge is 0.340 e. The number of carbonyl (C=O) groups excluding carboxylic acids is 1. The molecule has 0 saturated heterocycles. The van der Waals surface area contributed by atoms with Gasteiger partial charge in [-0.2, -0.15) is 5.10 Å². The number of hydrogen-bond acceptors (Lipinski definition) is 4. The summed E-state index contributed by atoms with van der Waals surface area (Å²) in [5.74, 6) is -0.414. The average Bonchev–Trinajstić information content (AvgIpc) is 2.92. The molecule has 0 aliphatic heterocycles. The zero-order chi connectivity index (χ0) is 17.0. The molecule has 1 heterocycles. The number of sulfone groups is 1. The van der Waals surface area contributed by atoms with Crippen LogP contribution in [0.4, 0.5) is 0 Å². The van der Waals surface area contributed by atoms with E-state index in [0.29, 0.717) is 13.1 Å². The number of benzene rings is 1. The van der Waals surface area contributed by atoms with E-state index in [-0.39, 0.29) is 0 Å². The molecular formula is C16H21N3O3S. The summed E-state index contributed by atoms with van der Waals surface area (Å²) >= 11 is 0. The highest BCUT2D eigenvalue weighted by Crippen LogP contribution is 2.09. The van der Waals surface area contributed by atoms with Crippen LogP contribution in [0, 0.1) is 0 Å². The lowest BCUT2D eigenvalue weighted by atomic mass is 10.2. The normalized spacial score (nSPS) is 12.8. The van der Waals surface area contributed by atoms with E-state index in [9.17, 15) is 13.2 Å². The van der Waals surface area contributed by atoms with E-state index >= 15 is 0 Å². The van der Waals surface area contributed by atoms with Crippen molar-refractivity contribution in [3.8, 4) is 0 Å². The molecule has 2 rings (SSSR count). The van der Waals surface area contributed by atoms with E-state index in [1.165, 1.54) is 11.8 Å². The van der Waals surface area contributed by atoms with Crippen LogP contribution in [0.15, 0.2) is 42.7 Å². The molecule has 0 spiro atoms. The van der Waals surface area contributed by atoms with E-state index in [1.807, 2.05) is 36.5 Å². The molecule has 1 aromatic carbocycles. The highest BCUT2D eigenvalue weighted by atomic mass is 32.2. The maximum absolute atomic E-state index is 12.1. The van der Waals surface area contributed by atoms with Crippen molar-refractivity contribution in [1.29, 1.82) is 0 Å². The monoisotopic (exact) mass is 335 g/mol. The van der Waals surface area contributed by atoms with Gasteiger partial charge in [0.15, 0.2) is 9.84 Å². The molecule has 0 aliphatic rings. The van der Waals surface area contributed by atoms with Crippen molar-refractivity contribution in [2.24, 2.45) is 0 Å². The van der Waals surface area contributed by atoms with Crippen LogP contribution in [0.25, 0.3) is 0 Å². The van der Waals surface area contributed by atoms with Gasteiger partial charge in [-0.3, -0.25) is 9.48 Å². The number of nitrogens with zero attached hydrogens (tertiary/aromatic N) is 3. The van der Waals surface area contributed by atoms with Gasteiger partial charge in [0.25, 0.3) is 0 Å². The first-order chi connectivity index (χ1) is 10.8. The van der Waals surface area contributed by atoms with Gasteiger partial charge >= 0.3 is 0 Å². The Morgan fingerprint density at radius 3 is 2.52 bits per heavy atom. The molecule has 0 aliphatic carbocycles. The molecule has 0 radical (unpaired) electrons. The highest BCUT2D eigenvalue weighted by Gasteiger charge is 2.26. The summed E-state index contributed by atoms with van der Waals surface area (Å²) in [7, 11) is -1.79. The molecule has 0 fully saturated rings. The first kappa shape index (κ1) is 17.2. The number of amides is 1. The third-order valence-corrected chi connectivity index (χ3v) is 5.15. The van der Waals surface area contributed by atoms with Crippen LogP contribution in [-0.2, 0) is 27.7 Å². The zero-order valence-corrected chi connectivity index (χ0v) is 14.3. The van der Waals surface area contributed by atoms with Gasteiger partial charge in [-0.25, -0.2) is 8.42 Å². The average molecular weight is 335 g/mol. The van der Waals surface area contributed by atoms with Crippen molar-refractivity contribution in [3.63, 3.8) is 0 Å². The van der Waals surface area contributed by atoms with E-state index in [0.717, 1.165) is 17.4 Å². The van der Waals surface area contributed by atoms with Crippen molar-refractivity contribution < 1.29 is 13.2 Å². The minimum Gasteiger partial charge on any atom is -0.340 e. The Hall–Kier alpha value is -2.15. The first-order valence-corrected chi connectivity index (χ1v) is 9.22. The van der Waals surface area contributed by atoms with Crippen molar-refractivity contribution in [2.45, 2.75) is 25.3 Å². The maximum atomic E-state index is 12.1. The van der Waals surface area contributed by atoms with Gasteiger partial charge in [-0.05, 0) is 12.5 Å². The first-order valence-electron chi connectivity index (χ1n) is 7.26. The second-order valence-corrected chi connectivity index (χ2v) is 8.06. The van der Waals surface area contributed by atoms with Crippen molar-refractivity contribution >= 4 is 15.7 Å². The summed E-state index contributed by atoms with van der Waals surface area (Å²) < 4.78 is 24.7. The third kappa shape index (κ3) is 4.66. The van der Waals surface area contributed by atoms with E-state index in [4.69, 9.17) is 0 Å². The number of carbonyl (C=O) groups is 1. The Bertz CT molecular complexity index is 769. The molecule has 7 heteroatoms. The molecule has 0 bridgehead atoms. The predicted molar refractivity (Wildman–Crippen MR) is 88.6 cm³/mol. The molecule has 124 valence electrons. The maximum Gasteiger partial charge on any atom is 0.240 e. The van der Waals surface area contributed by atoms with Crippen LogP contribution >= 0.6 is 0 Å². The van der Waals surface area contributed by atoms with E-state index < -0.39 is 21.0 Å². The fourth-order valence-electron chi connectivity index (χ4n) is 2.19. The number of hydrogen-bond donors (Lipinski definition) is 0. The molecule has 1 amide bonds. The van der Waals surface area contributed by atoms with E-state index in [1.54, 1.807) is 17.9 Å². The summed E-state index contributed by atoms with van der Waals surface area (Å²) in [5, 5.41) is 3.24. The summed E-state index contributed by atoms with van der Waals surface area (Å²) in [6.07, 6.45) is 4.63. The number of aromatic nitrogens is 2. The Labute approximate surface area is 136 Å². The number of rotatable bonds is 6. The lowest BCUT2D eigenvalue weighted by Gasteiger charge is -2.19. The molecule has 6 nitrogen and oxygen atoms in total. The van der Waals surface area contributed by atoms with Gasteiger partial charge in [0, 0.05) is 31.6 Å². The second-order valence-electron chi connectivity index (χ2n) is 5.70. The molecular weight excluding hydrogens is 314 g/mol. The quantitative estimate of drug-likeness (QED) is 0.798. The smallest absolute Gasteiger partial charge is 0.240 e. The molecule has 0 saturated carbocycles. The lowest BCUT2D eigenvalue weighted by molar-refractivity contribution is -0.129. The van der Waals surface area contributed by atoms with Crippen LogP contribution in [0.3, 0.4) is 0 Å². The van der Waals surface area contributed by atoms with Crippen molar-refractivity contribution in [3.05, 3.63) is 53.9 Å². The van der Waals surface area contributed by atoms with Gasteiger partial charge in [0.2, 0.25) is 5.91 Å². The second kappa shape index (κ2) is 6.95. The lowest BCUT2D eigenvalue weighted by Crippen LogP contribution is -2.38. The summed E-state index contributed by atoms with van der Waals surface area (Å²) in [5.41, 5.74) is 2.00. The van der Waals surface area contributed by atoms with Crippen molar-refractivity contribution in [1.82, 2.24) is 14.7 Å². The molecule has 0 N–H and O–H groups in total. The molecule has 2 aromatic rings. The van der Waals surface area contributed by atoms with Gasteiger partial charge < -0.3 is 4.90 Å². The summed E-state index contributed by atoms with van der Waals surface area (Å²) in [6, 6.07) is 9.94. The topological polar surface area (TPSA) is 72.3 Å². The van der Waals surface area contributed by atoms with Gasteiger partial charge in [0.05, 0.1) is 12.7 Å². The predicted octanol–water partition coefficient (Wildman–Crippen LogP) is 1.32.